The SMILES string of the molecule is C=CCC1(NC(=O)NCCC(=O)O)CCCCC1. The summed E-state index contributed by atoms with van der Waals surface area (Å²) in [5.41, 5.74) is -0.187. The van der Waals surface area contributed by atoms with E-state index in [0.717, 1.165) is 32.1 Å². The average molecular weight is 254 g/mol. The van der Waals surface area contributed by atoms with Crippen LogP contribution in [0, 0.1) is 0 Å². The third-order valence-electron chi connectivity index (χ3n) is 3.35. The monoisotopic (exact) mass is 254 g/mol. The van der Waals surface area contributed by atoms with Gasteiger partial charge in [-0.3, -0.25) is 4.79 Å². The largest absolute Gasteiger partial charge is 0.481 e. The second-order valence-corrected chi connectivity index (χ2v) is 4.86. The van der Waals surface area contributed by atoms with Gasteiger partial charge in [0.25, 0.3) is 0 Å². The van der Waals surface area contributed by atoms with Gasteiger partial charge in [0.1, 0.15) is 0 Å². The average Bonchev–Trinajstić information content (AvgIpc) is 2.29. The van der Waals surface area contributed by atoms with Crippen LogP contribution in [0.3, 0.4) is 0 Å². The van der Waals surface area contributed by atoms with Gasteiger partial charge in [0.15, 0.2) is 0 Å². The van der Waals surface area contributed by atoms with E-state index in [-0.39, 0.29) is 24.5 Å². The van der Waals surface area contributed by atoms with Crippen LogP contribution in [-0.4, -0.2) is 29.2 Å². The number of urea groups is 1. The molecule has 0 aliphatic heterocycles. The summed E-state index contributed by atoms with van der Waals surface area (Å²) in [5.74, 6) is -0.909. The van der Waals surface area contributed by atoms with Crippen LogP contribution in [0.5, 0.6) is 0 Å². The van der Waals surface area contributed by atoms with Crippen molar-refractivity contribution in [3.05, 3.63) is 12.7 Å². The molecule has 2 amide bonds. The molecule has 3 N–H and O–H groups in total. The quantitative estimate of drug-likeness (QED) is 0.635. The fourth-order valence-electron chi connectivity index (χ4n) is 2.45. The van der Waals surface area contributed by atoms with Crippen molar-refractivity contribution in [3.8, 4) is 0 Å². The van der Waals surface area contributed by atoms with E-state index in [1.54, 1.807) is 0 Å². The number of carboxylic acids is 1. The summed E-state index contributed by atoms with van der Waals surface area (Å²) < 4.78 is 0. The lowest BCUT2D eigenvalue weighted by atomic mass is 9.79. The van der Waals surface area contributed by atoms with Gasteiger partial charge in [-0.25, -0.2) is 4.79 Å². The van der Waals surface area contributed by atoms with Crippen LogP contribution >= 0.6 is 0 Å². The first-order valence-electron chi connectivity index (χ1n) is 6.47. The van der Waals surface area contributed by atoms with Gasteiger partial charge < -0.3 is 15.7 Å². The number of hydrogen-bond donors (Lipinski definition) is 3. The fourth-order valence-corrected chi connectivity index (χ4v) is 2.45. The minimum atomic E-state index is -0.909. The number of carboxylic acid groups (broad SMARTS) is 1. The molecule has 1 saturated carbocycles. The van der Waals surface area contributed by atoms with Crippen molar-refractivity contribution in [1.29, 1.82) is 0 Å². The van der Waals surface area contributed by atoms with Gasteiger partial charge in [-0.2, -0.15) is 0 Å². The molecular formula is C13H22N2O3. The van der Waals surface area contributed by atoms with Crippen molar-refractivity contribution < 1.29 is 14.7 Å². The molecule has 5 nitrogen and oxygen atoms in total. The van der Waals surface area contributed by atoms with E-state index in [2.05, 4.69) is 17.2 Å². The molecule has 102 valence electrons. The maximum atomic E-state index is 11.7. The van der Waals surface area contributed by atoms with Crippen molar-refractivity contribution in [1.82, 2.24) is 10.6 Å². The van der Waals surface area contributed by atoms with E-state index < -0.39 is 5.97 Å². The number of rotatable bonds is 6. The zero-order valence-corrected chi connectivity index (χ0v) is 10.7. The molecular weight excluding hydrogens is 232 g/mol. The molecule has 0 saturated heterocycles. The molecule has 1 rings (SSSR count). The highest BCUT2D eigenvalue weighted by atomic mass is 16.4. The molecule has 0 spiro atoms. The zero-order valence-electron chi connectivity index (χ0n) is 10.7. The second kappa shape index (κ2) is 7.03. The Morgan fingerprint density at radius 1 is 1.28 bits per heavy atom. The highest BCUT2D eigenvalue weighted by Gasteiger charge is 2.32. The van der Waals surface area contributed by atoms with Crippen LogP contribution in [0.1, 0.15) is 44.9 Å². The van der Waals surface area contributed by atoms with Gasteiger partial charge >= 0.3 is 12.0 Å². The number of nitrogens with one attached hydrogen (secondary N) is 2. The lowest BCUT2D eigenvalue weighted by molar-refractivity contribution is -0.136. The van der Waals surface area contributed by atoms with Crippen molar-refractivity contribution in [2.75, 3.05) is 6.54 Å². The lowest BCUT2D eigenvalue weighted by Gasteiger charge is -2.37. The third-order valence-corrected chi connectivity index (χ3v) is 3.35. The topological polar surface area (TPSA) is 78.4 Å². The Bertz CT molecular complexity index is 309. The summed E-state index contributed by atoms with van der Waals surface area (Å²) in [4.78, 5) is 22.1. The number of aliphatic carboxylic acids is 1. The third kappa shape index (κ3) is 4.77. The molecule has 1 fully saturated rings. The number of amides is 2. The molecule has 0 aromatic carbocycles. The number of carbonyl (C=O) groups is 2. The van der Waals surface area contributed by atoms with E-state index in [9.17, 15) is 9.59 Å². The molecule has 0 heterocycles. The first kappa shape index (κ1) is 14.5. The highest BCUT2D eigenvalue weighted by molar-refractivity contribution is 5.75. The van der Waals surface area contributed by atoms with Crippen LogP contribution < -0.4 is 10.6 Å². The predicted molar refractivity (Wildman–Crippen MR) is 69.4 cm³/mol. The Balaban J connectivity index is 2.42. The Hall–Kier alpha value is -1.52. The first-order valence-corrected chi connectivity index (χ1v) is 6.47. The van der Waals surface area contributed by atoms with Crippen LogP contribution in [0.2, 0.25) is 0 Å². The smallest absolute Gasteiger partial charge is 0.315 e. The van der Waals surface area contributed by atoms with Gasteiger partial charge in [0, 0.05) is 12.1 Å². The Kier molecular flexibility index (Phi) is 5.68. The van der Waals surface area contributed by atoms with Gasteiger partial charge in [-0.15, -0.1) is 6.58 Å². The summed E-state index contributed by atoms with van der Waals surface area (Å²) >= 11 is 0. The maximum absolute atomic E-state index is 11.7. The van der Waals surface area contributed by atoms with Gasteiger partial charge in [0.2, 0.25) is 0 Å². The van der Waals surface area contributed by atoms with Crippen molar-refractivity contribution in [3.63, 3.8) is 0 Å². The minimum absolute atomic E-state index is 0.0537. The van der Waals surface area contributed by atoms with E-state index >= 15 is 0 Å². The van der Waals surface area contributed by atoms with Gasteiger partial charge in [-0.1, -0.05) is 25.3 Å². The molecule has 0 aromatic heterocycles. The lowest BCUT2D eigenvalue weighted by Crippen LogP contribution is -2.53. The fraction of sp³-hybridized carbons (Fsp3) is 0.692. The number of carbonyl (C=O) groups excluding carboxylic acids is 1. The summed E-state index contributed by atoms with van der Waals surface area (Å²) in [6.45, 7) is 3.90. The Labute approximate surface area is 108 Å². The van der Waals surface area contributed by atoms with Crippen LogP contribution in [0.15, 0.2) is 12.7 Å². The van der Waals surface area contributed by atoms with E-state index in [1.165, 1.54) is 6.42 Å². The predicted octanol–water partition coefficient (Wildman–Crippen LogP) is 2.04. The highest BCUT2D eigenvalue weighted by Crippen LogP contribution is 2.31. The van der Waals surface area contributed by atoms with Crippen molar-refractivity contribution in [2.24, 2.45) is 0 Å². The Morgan fingerprint density at radius 2 is 1.94 bits per heavy atom. The molecule has 1 aliphatic rings. The van der Waals surface area contributed by atoms with Crippen LogP contribution in [0.4, 0.5) is 4.79 Å². The first-order chi connectivity index (χ1) is 8.58. The summed E-state index contributed by atoms with van der Waals surface area (Å²) in [5, 5.41) is 14.1. The standard InChI is InChI=1S/C13H22N2O3/c1-2-7-13(8-4-3-5-9-13)15-12(18)14-10-6-11(16)17/h2H,1,3-10H2,(H,16,17)(H2,14,15,18). The summed E-state index contributed by atoms with van der Waals surface area (Å²) in [7, 11) is 0. The van der Waals surface area contributed by atoms with Gasteiger partial charge in [0.05, 0.1) is 6.42 Å². The minimum Gasteiger partial charge on any atom is -0.481 e. The molecule has 1 aliphatic carbocycles. The van der Waals surface area contributed by atoms with E-state index in [4.69, 9.17) is 5.11 Å². The molecule has 5 heteroatoms. The molecule has 0 unspecified atom stereocenters. The van der Waals surface area contributed by atoms with Crippen molar-refractivity contribution in [2.45, 2.75) is 50.5 Å². The van der Waals surface area contributed by atoms with Crippen LogP contribution in [0.25, 0.3) is 0 Å². The molecule has 0 radical (unpaired) electrons. The van der Waals surface area contributed by atoms with E-state index in [0.29, 0.717) is 0 Å². The van der Waals surface area contributed by atoms with E-state index in [1.807, 2.05) is 6.08 Å². The van der Waals surface area contributed by atoms with Crippen molar-refractivity contribution >= 4 is 12.0 Å². The normalized spacial score (nSPS) is 17.8. The van der Waals surface area contributed by atoms with Crippen LogP contribution in [-0.2, 0) is 4.79 Å². The molecule has 18 heavy (non-hydrogen) atoms. The Morgan fingerprint density at radius 3 is 2.50 bits per heavy atom. The van der Waals surface area contributed by atoms with Gasteiger partial charge in [-0.05, 0) is 19.3 Å². The molecule has 0 bridgehead atoms. The zero-order chi connectivity index (χ0) is 13.4. The molecule has 0 aromatic rings. The summed E-state index contributed by atoms with van der Waals surface area (Å²) in [6.07, 6.45) is 7.91. The summed E-state index contributed by atoms with van der Waals surface area (Å²) in [6, 6.07) is -0.278. The molecule has 0 atom stereocenters. The maximum Gasteiger partial charge on any atom is 0.315 e. The second-order valence-electron chi connectivity index (χ2n) is 4.86. The number of hydrogen-bond acceptors (Lipinski definition) is 2.